The number of hydrogen-bond acceptors (Lipinski definition) is 12. The van der Waals surface area contributed by atoms with Crippen LogP contribution in [0.5, 0.6) is 0 Å². The fourth-order valence-corrected chi connectivity index (χ4v) is 0. The first kappa shape index (κ1) is 31.7. The van der Waals surface area contributed by atoms with E-state index in [2.05, 4.69) is 0 Å². The Labute approximate surface area is 156 Å². The van der Waals surface area contributed by atoms with Crippen LogP contribution < -0.4 is 25.1 Å². The molecule has 0 aliphatic heterocycles. The van der Waals surface area contributed by atoms with Gasteiger partial charge in [-0.3, -0.25) is 0 Å². The molecular formula is La2Mn3O12. The molecule has 0 unspecified atom stereocenters. The van der Waals surface area contributed by atoms with Gasteiger partial charge in [-0.15, -0.1) is 0 Å². The second kappa shape index (κ2) is 13.5. The third-order valence-electron chi connectivity index (χ3n) is 0. The summed E-state index contributed by atoms with van der Waals surface area (Å²) in [7, 11) is 0. The summed E-state index contributed by atoms with van der Waals surface area (Å²) >= 11 is -16.9. The van der Waals surface area contributed by atoms with Crippen molar-refractivity contribution in [1.29, 1.82) is 0 Å². The van der Waals surface area contributed by atoms with Crippen molar-refractivity contribution < 1.29 is 159 Å². The minimum atomic E-state index is -5.62. The van der Waals surface area contributed by atoms with E-state index >= 15 is 0 Å². The van der Waals surface area contributed by atoms with Crippen LogP contribution in [-0.2, 0) is 63.1 Å². The normalized spacial score (nSPS) is 10.2. The van der Waals surface area contributed by atoms with Crippen LogP contribution in [0.25, 0.3) is 0 Å². The Bertz CT molecular complexity index is 341. The van der Waals surface area contributed by atoms with Crippen molar-refractivity contribution in [2.24, 2.45) is 0 Å². The van der Waals surface area contributed by atoms with Gasteiger partial charge < -0.3 is 0 Å². The maximum absolute atomic E-state index is 8.58. The molecule has 0 bridgehead atoms. The van der Waals surface area contributed by atoms with Gasteiger partial charge in [0.2, 0.25) is 0 Å². The van der Waals surface area contributed by atoms with Crippen LogP contribution >= 0.6 is 0 Å². The van der Waals surface area contributed by atoms with Gasteiger partial charge in [-0.25, -0.2) is 0 Å². The molecule has 0 aliphatic carbocycles. The Morgan fingerprint density at radius 2 is 0.412 bits per heavy atom. The predicted octanol–water partition coefficient (Wildman–Crippen LogP) is -7.85. The molecular weight excluding hydrogens is 635 g/mol. The van der Waals surface area contributed by atoms with Gasteiger partial charge in [-0.05, 0) is 0 Å². The Morgan fingerprint density at radius 1 is 0.412 bits per heavy atom. The summed E-state index contributed by atoms with van der Waals surface area (Å²) in [6.07, 6.45) is 0. The van der Waals surface area contributed by atoms with Crippen molar-refractivity contribution in [3.8, 4) is 0 Å². The molecule has 0 N–H and O–H groups in total. The molecule has 0 radical (unpaired) electrons. The van der Waals surface area contributed by atoms with E-state index in [1.165, 1.54) is 0 Å². The Balaban J connectivity index is -0.0000000400. The minimum absolute atomic E-state index is 0. The van der Waals surface area contributed by atoms with Crippen molar-refractivity contribution >= 4 is 0 Å². The average Bonchev–Trinajstić information content (AvgIpc) is 1.41. The summed E-state index contributed by atoms with van der Waals surface area (Å²) in [5, 5.41) is 0. The third-order valence-corrected chi connectivity index (χ3v) is 0. The van der Waals surface area contributed by atoms with E-state index in [-0.39, 0.29) is 71.2 Å². The quantitative estimate of drug-likeness (QED) is 0.226. The average molecular weight is 635 g/mol. The van der Waals surface area contributed by atoms with Crippen LogP contribution in [0.4, 0.5) is 0 Å². The third kappa shape index (κ3) is 802. The zero-order valence-corrected chi connectivity index (χ0v) is 18.0. The summed E-state index contributed by atoms with van der Waals surface area (Å²) in [6.45, 7) is 0. The number of hydrogen-bond donors (Lipinski definition) is 0. The topological polar surface area (TPSA) is 241 Å². The molecule has 0 aliphatic rings. The molecule has 0 fully saturated rings. The van der Waals surface area contributed by atoms with Crippen LogP contribution in [0, 0.1) is 71.2 Å². The Morgan fingerprint density at radius 3 is 0.412 bits per heavy atom. The molecule has 0 aromatic heterocycles. The molecule has 17 heteroatoms. The Hall–Kier alpha value is 2.51. The maximum atomic E-state index is 8.58. The molecule has 99 valence electrons. The van der Waals surface area contributed by atoms with E-state index in [0.29, 0.717) is 0 Å². The first-order valence-electron chi connectivity index (χ1n) is 1.85. The molecule has 0 heterocycles. The SMILES string of the molecule is [La+3].[La+3].[O]=[Mn](=[O])([O-])[O-].[O]=[Mn](=[O])([O-])[O-].[O]=[Mn](=[O])([O-])[O-]. The van der Waals surface area contributed by atoms with Gasteiger partial charge in [0.05, 0.1) is 0 Å². The standard InChI is InChI=1S/2La.3Mn.12O/q2*+3;;;;;;;;;;6*-1. The van der Waals surface area contributed by atoms with Gasteiger partial charge in [-0.1, -0.05) is 0 Å². The Kier molecular flexibility index (Phi) is 25.2. The van der Waals surface area contributed by atoms with Gasteiger partial charge in [0, 0.05) is 0 Å². The molecule has 17 heavy (non-hydrogen) atoms. The zero-order chi connectivity index (χ0) is 13.5. The molecule has 0 atom stereocenters. The molecule has 0 saturated heterocycles. The first-order valence-corrected chi connectivity index (χ1v) is 7.63. The van der Waals surface area contributed by atoms with Crippen molar-refractivity contribution in [3.63, 3.8) is 0 Å². The van der Waals surface area contributed by atoms with Crippen LogP contribution in [0.15, 0.2) is 0 Å². The van der Waals surface area contributed by atoms with Crippen LogP contribution in [0.1, 0.15) is 0 Å². The summed E-state index contributed by atoms with van der Waals surface area (Å²) in [5.41, 5.74) is 0. The molecule has 12 nitrogen and oxygen atoms in total. The van der Waals surface area contributed by atoms with E-state index in [1.54, 1.807) is 0 Å². The van der Waals surface area contributed by atoms with E-state index in [1.807, 2.05) is 0 Å². The van der Waals surface area contributed by atoms with Crippen LogP contribution in [0.3, 0.4) is 0 Å². The van der Waals surface area contributed by atoms with E-state index < -0.39 is 40.1 Å². The van der Waals surface area contributed by atoms with Crippen molar-refractivity contribution in [2.75, 3.05) is 0 Å². The monoisotopic (exact) mass is 635 g/mol. The molecule has 0 amide bonds. The van der Waals surface area contributed by atoms with Crippen molar-refractivity contribution in [3.05, 3.63) is 0 Å². The predicted molar refractivity (Wildman–Crippen MR) is 4.12 cm³/mol. The summed E-state index contributed by atoms with van der Waals surface area (Å²) in [5.74, 6) is 0. The van der Waals surface area contributed by atoms with Gasteiger partial charge in [-0.2, -0.15) is 0 Å². The summed E-state index contributed by atoms with van der Waals surface area (Å²) < 4.78 is 103. The summed E-state index contributed by atoms with van der Waals surface area (Å²) in [4.78, 5) is 0. The fourth-order valence-electron chi connectivity index (χ4n) is 0. The van der Waals surface area contributed by atoms with E-state index in [0.717, 1.165) is 0 Å². The fraction of sp³-hybridized carbons (Fsp3) is 0. The molecule has 0 rings (SSSR count). The van der Waals surface area contributed by atoms with E-state index in [9.17, 15) is 0 Å². The first-order chi connectivity index (χ1) is 6.00. The van der Waals surface area contributed by atoms with Gasteiger partial charge in [0.1, 0.15) is 0 Å². The van der Waals surface area contributed by atoms with Crippen molar-refractivity contribution in [1.82, 2.24) is 0 Å². The zero-order valence-electron chi connectivity index (χ0n) is 7.19. The van der Waals surface area contributed by atoms with E-state index in [4.69, 9.17) is 48.1 Å². The second-order valence-corrected chi connectivity index (χ2v) is 4.68. The molecule has 0 aromatic carbocycles. The van der Waals surface area contributed by atoms with Gasteiger partial charge in [0.15, 0.2) is 0 Å². The second-order valence-electron chi connectivity index (χ2n) is 1.13. The summed E-state index contributed by atoms with van der Waals surface area (Å²) in [6, 6.07) is 0. The molecule has 0 spiro atoms. The van der Waals surface area contributed by atoms with Crippen molar-refractivity contribution in [2.45, 2.75) is 0 Å². The number of rotatable bonds is 0. The van der Waals surface area contributed by atoms with Gasteiger partial charge in [0.25, 0.3) is 0 Å². The molecule has 0 aromatic rings. The van der Waals surface area contributed by atoms with Gasteiger partial charge >= 0.3 is 159 Å². The molecule has 0 saturated carbocycles. The van der Waals surface area contributed by atoms with Crippen LogP contribution in [0.2, 0.25) is 0 Å². The van der Waals surface area contributed by atoms with Crippen LogP contribution in [-0.4, -0.2) is 0 Å².